The second-order valence-electron chi connectivity index (χ2n) is 4.00. The van der Waals surface area contributed by atoms with Gasteiger partial charge in [-0.25, -0.2) is 4.98 Å². The number of nitrogen functional groups attached to an aromatic ring is 1. The van der Waals surface area contributed by atoms with Crippen molar-refractivity contribution in [3.05, 3.63) is 47.2 Å². The summed E-state index contributed by atoms with van der Waals surface area (Å²) in [5, 5.41) is 20.9. The average Bonchev–Trinajstić information content (AvgIpc) is 2.43. The zero-order chi connectivity index (χ0) is 13.8. The second-order valence-corrected chi connectivity index (χ2v) is 4.00. The fraction of sp³-hybridized carbons (Fsp3) is 0.0714. The number of benzene rings is 1. The summed E-state index contributed by atoms with van der Waals surface area (Å²) in [6.45, 7) is 1.89. The molecule has 1 aromatic heterocycles. The number of rotatable bonds is 2. The highest BCUT2D eigenvalue weighted by Crippen LogP contribution is 2.24. The van der Waals surface area contributed by atoms with Crippen molar-refractivity contribution in [2.75, 3.05) is 11.1 Å². The van der Waals surface area contributed by atoms with Gasteiger partial charge in [-0.05, 0) is 36.8 Å². The quantitative estimate of drug-likeness (QED) is 0.851. The molecule has 0 unspecified atom stereocenters. The predicted molar refractivity (Wildman–Crippen MR) is 72.5 cm³/mol. The Bertz CT molecular complexity index is 707. The van der Waals surface area contributed by atoms with E-state index in [1.807, 2.05) is 25.1 Å². The normalized spacial score (nSPS) is 9.42. The molecule has 2 aromatic rings. The molecule has 92 valence electrons. The lowest BCUT2D eigenvalue weighted by atomic mass is 10.1. The third-order valence-electron chi connectivity index (χ3n) is 2.73. The van der Waals surface area contributed by atoms with Crippen LogP contribution in [-0.2, 0) is 0 Å². The minimum absolute atomic E-state index is 0.318. The number of pyridine rings is 1. The molecule has 3 N–H and O–H groups in total. The van der Waals surface area contributed by atoms with Crippen LogP contribution in [0.4, 0.5) is 17.2 Å². The number of nitrogens with zero attached hydrogens (tertiary/aromatic N) is 3. The Kier molecular flexibility index (Phi) is 3.31. The van der Waals surface area contributed by atoms with Crippen molar-refractivity contribution in [3.63, 3.8) is 0 Å². The average molecular weight is 249 g/mol. The predicted octanol–water partition coefficient (Wildman–Crippen LogP) is 2.46. The molecule has 1 aromatic carbocycles. The van der Waals surface area contributed by atoms with Crippen molar-refractivity contribution in [1.29, 1.82) is 10.5 Å². The van der Waals surface area contributed by atoms with E-state index in [1.54, 1.807) is 24.4 Å². The lowest BCUT2D eigenvalue weighted by Crippen LogP contribution is -2.01. The molecule has 0 aliphatic carbocycles. The van der Waals surface area contributed by atoms with Gasteiger partial charge in [0.1, 0.15) is 12.1 Å². The van der Waals surface area contributed by atoms with Crippen molar-refractivity contribution >= 4 is 17.2 Å². The summed E-state index contributed by atoms with van der Waals surface area (Å²) in [4.78, 5) is 4.15. The van der Waals surface area contributed by atoms with Crippen LogP contribution >= 0.6 is 0 Å². The number of hydrogen-bond donors (Lipinski definition) is 2. The van der Waals surface area contributed by atoms with Crippen molar-refractivity contribution < 1.29 is 0 Å². The number of nitrogens with one attached hydrogen (secondary N) is 1. The first-order valence-corrected chi connectivity index (χ1v) is 5.58. The first kappa shape index (κ1) is 12.4. The summed E-state index contributed by atoms with van der Waals surface area (Å²) in [5.41, 5.74) is 8.73. The maximum Gasteiger partial charge on any atom is 0.153 e. The number of nitrogens with two attached hydrogens (primary N) is 1. The van der Waals surface area contributed by atoms with E-state index >= 15 is 0 Å². The number of nitriles is 2. The van der Waals surface area contributed by atoms with Gasteiger partial charge >= 0.3 is 0 Å². The first-order chi connectivity index (χ1) is 9.15. The Balaban J connectivity index is 2.38. The van der Waals surface area contributed by atoms with E-state index in [9.17, 15) is 0 Å². The molecular formula is C14H11N5. The Morgan fingerprint density at radius 2 is 1.89 bits per heavy atom. The van der Waals surface area contributed by atoms with Crippen molar-refractivity contribution in [2.24, 2.45) is 0 Å². The van der Waals surface area contributed by atoms with Gasteiger partial charge in [0, 0.05) is 11.9 Å². The summed E-state index contributed by atoms with van der Waals surface area (Å²) in [6.07, 6.45) is 1.66. The van der Waals surface area contributed by atoms with Crippen LogP contribution in [0.5, 0.6) is 0 Å². The summed E-state index contributed by atoms with van der Waals surface area (Å²) >= 11 is 0. The number of hydrogen-bond acceptors (Lipinski definition) is 5. The third-order valence-corrected chi connectivity index (χ3v) is 2.73. The Labute approximate surface area is 110 Å². The van der Waals surface area contributed by atoms with Gasteiger partial charge in [0.25, 0.3) is 0 Å². The minimum atomic E-state index is 0.318. The molecule has 0 aliphatic heterocycles. The third kappa shape index (κ3) is 2.46. The van der Waals surface area contributed by atoms with Crippen LogP contribution in [0.1, 0.15) is 16.7 Å². The van der Waals surface area contributed by atoms with Crippen LogP contribution in [0.2, 0.25) is 0 Å². The second kappa shape index (κ2) is 5.07. The highest BCUT2D eigenvalue weighted by atomic mass is 15.0. The van der Waals surface area contributed by atoms with Crippen LogP contribution in [0.25, 0.3) is 0 Å². The van der Waals surface area contributed by atoms with E-state index < -0.39 is 0 Å². The van der Waals surface area contributed by atoms with Gasteiger partial charge in [-0.1, -0.05) is 0 Å². The summed E-state index contributed by atoms with van der Waals surface area (Å²) in [5.74, 6) is 0.536. The number of aromatic nitrogens is 1. The molecular weight excluding hydrogens is 238 g/mol. The van der Waals surface area contributed by atoms with Crippen molar-refractivity contribution in [3.8, 4) is 12.1 Å². The topological polar surface area (TPSA) is 98.5 Å². The van der Waals surface area contributed by atoms with Gasteiger partial charge in [0.05, 0.1) is 16.8 Å². The van der Waals surface area contributed by atoms with Gasteiger partial charge in [-0.2, -0.15) is 10.5 Å². The SMILES string of the molecule is Cc1ccnc(Nc2ccc(C#N)c(C#N)c2)c1N. The molecule has 0 spiro atoms. The Morgan fingerprint density at radius 1 is 1.16 bits per heavy atom. The van der Waals surface area contributed by atoms with Crippen LogP contribution in [-0.4, -0.2) is 4.98 Å². The molecule has 0 atom stereocenters. The highest BCUT2D eigenvalue weighted by Gasteiger charge is 2.06. The Hall–Kier alpha value is -3.05. The zero-order valence-corrected chi connectivity index (χ0v) is 10.3. The maximum absolute atomic E-state index is 8.97. The molecule has 0 amide bonds. The lowest BCUT2D eigenvalue weighted by Gasteiger charge is -2.10. The summed E-state index contributed by atoms with van der Waals surface area (Å²) < 4.78 is 0. The lowest BCUT2D eigenvalue weighted by molar-refractivity contribution is 1.28. The van der Waals surface area contributed by atoms with E-state index in [4.69, 9.17) is 16.3 Å². The van der Waals surface area contributed by atoms with Crippen molar-refractivity contribution in [1.82, 2.24) is 4.98 Å². The molecule has 5 heteroatoms. The molecule has 0 fully saturated rings. The standard InChI is InChI=1S/C14H11N5/c1-9-4-5-18-14(13(9)17)19-12-3-2-10(7-15)11(6-12)8-16/h2-6H,17H2,1H3,(H,18,19). The number of anilines is 3. The molecule has 0 saturated heterocycles. The van der Waals surface area contributed by atoms with E-state index in [1.165, 1.54) is 0 Å². The van der Waals surface area contributed by atoms with Crippen LogP contribution in [0, 0.1) is 29.6 Å². The summed E-state index contributed by atoms with van der Waals surface area (Å²) in [7, 11) is 0. The molecule has 0 bridgehead atoms. The van der Waals surface area contributed by atoms with Crippen LogP contribution in [0.3, 0.4) is 0 Å². The number of aryl methyl sites for hydroxylation is 1. The van der Waals surface area contributed by atoms with Crippen LogP contribution in [0.15, 0.2) is 30.5 Å². The molecule has 19 heavy (non-hydrogen) atoms. The Morgan fingerprint density at radius 3 is 2.58 bits per heavy atom. The van der Waals surface area contributed by atoms with Gasteiger partial charge in [-0.15, -0.1) is 0 Å². The summed E-state index contributed by atoms with van der Waals surface area (Å²) in [6, 6.07) is 10.7. The molecule has 5 nitrogen and oxygen atoms in total. The largest absolute Gasteiger partial charge is 0.396 e. The van der Waals surface area contributed by atoms with Gasteiger partial charge in [0.2, 0.25) is 0 Å². The van der Waals surface area contributed by atoms with Gasteiger partial charge in [-0.3, -0.25) is 0 Å². The molecule has 1 heterocycles. The smallest absolute Gasteiger partial charge is 0.153 e. The molecule has 2 rings (SSSR count). The minimum Gasteiger partial charge on any atom is -0.396 e. The molecule has 0 radical (unpaired) electrons. The molecule has 0 saturated carbocycles. The van der Waals surface area contributed by atoms with Crippen LogP contribution < -0.4 is 11.1 Å². The van der Waals surface area contributed by atoms with E-state index in [2.05, 4.69) is 10.3 Å². The van der Waals surface area contributed by atoms with E-state index in [0.29, 0.717) is 28.3 Å². The first-order valence-electron chi connectivity index (χ1n) is 5.58. The highest BCUT2D eigenvalue weighted by molar-refractivity contribution is 5.72. The van der Waals surface area contributed by atoms with E-state index in [0.717, 1.165) is 5.56 Å². The zero-order valence-electron chi connectivity index (χ0n) is 10.3. The molecule has 0 aliphatic rings. The van der Waals surface area contributed by atoms with Crippen molar-refractivity contribution in [2.45, 2.75) is 6.92 Å². The van der Waals surface area contributed by atoms with Gasteiger partial charge < -0.3 is 11.1 Å². The van der Waals surface area contributed by atoms with E-state index in [-0.39, 0.29) is 0 Å². The monoisotopic (exact) mass is 249 g/mol. The maximum atomic E-state index is 8.97. The fourth-order valence-electron chi connectivity index (χ4n) is 1.62. The fourth-order valence-corrected chi connectivity index (χ4v) is 1.62. The van der Waals surface area contributed by atoms with Gasteiger partial charge in [0.15, 0.2) is 5.82 Å².